The summed E-state index contributed by atoms with van der Waals surface area (Å²) in [5.74, 6) is -3.17. The second kappa shape index (κ2) is 7.48. The number of hydrogen-bond acceptors (Lipinski definition) is 7. The number of hydrogen-bond donors (Lipinski definition) is 0. The first-order chi connectivity index (χ1) is 14.0. The van der Waals surface area contributed by atoms with Crippen LogP contribution in [-0.4, -0.2) is 32.1 Å². The minimum atomic E-state index is -1.61. The monoisotopic (exact) mass is 412 g/mol. The Labute approximate surface area is 172 Å². The number of allylic oxidation sites excluding steroid dienone is 1. The molecule has 0 N–H and O–H groups in total. The number of esters is 3. The molecule has 6 nitrogen and oxygen atoms in total. The first kappa shape index (κ1) is 19.4. The molecule has 1 fully saturated rings. The van der Waals surface area contributed by atoms with Crippen LogP contribution in [0.2, 0.25) is 0 Å². The zero-order valence-corrected chi connectivity index (χ0v) is 16.8. The lowest BCUT2D eigenvalue weighted by Crippen LogP contribution is -2.44. The first-order valence-electron chi connectivity index (χ1n) is 9.22. The Bertz CT molecular complexity index is 946. The summed E-state index contributed by atoms with van der Waals surface area (Å²) >= 11 is 1.39. The minimum Gasteiger partial charge on any atom is -0.468 e. The Balaban J connectivity index is 1.87. The maximum absolute atomic E-state index is 13.1. The molecular weight excluding hydrogens is 392 g/mol. The molecule has 2 aliphatic rings. The first-order valence-corrected chi connectivity index (χ1v) is 10.1. The van der Waals surface area contributed by atoms with Crippen LogP contribution in [0.3, 0.4) is 0 Å². The highest BCUT2D eigenvalue weighted by atomic mass is 32.1. The fourth-order valence-electron chi connectivity index (χ4n) is 4.57. The van der Waals surface area contributed by atoms with Crippen molar-refractivity contribution in [2.24, 2.45) is 17.3 Å². The summed E-state index contributed by atoms with van der Waals surface area (Å²) in [6, 6.07) is 12.9. The number of methoxy groups -OCH3 is 2. The summed E-state index contributed by atoms with van der Waals surface area (Å²) in [5.41, 5.74) is -0.841. The summed E-state index contributed by atoms with van der Waals surface area (Å²) in [5, 5.41) is 1.85. The molecule has 1 aliphatic heterocycles. The van der Waals surface area contributed by atoms with E-state index >= 15 is 0 Å². The average Bonchev–Trinajstić information content (AvgIpc) is 3.39. The van der Waals surface area contributed by atoms with E-state index < -0.39 is 35.2 Å². The third kappa shape index (κ3) is 2.97. The van der Waals surface area contributed by atoms with Crippen LogP contribution in [0.25, 0.3) is 5.76 Å². The fourth-order valence-corrected chi connectivity index (χ4v) is 5.54. The largest absolute Gasteiger partial charge is 0.468 e. The molecule has 150 valence electrons. The summed E-state index contributed by atoms with van der Waals surface area (Å²) in [4.78, 5) is 39.8. The molecule has 29 heavy (non-hydrogen) atoms. The van der Waals surface area contributed by atoms with Crippen molar-refractivity contribution in [3.05, 3.63) is 64.4 Å². The van der Waals surface area contributed by atoms with Crippen molar-refractivity contribution in [1.29, 1.82) is 0 Å². The van der Waals surface area contributed by atoms with Crippen molar-refractivity contribution in [2.75, 3.05) is 14.2 Å². The molecule has 0 spiro atoms. The molecule has 0 unspecified atom stereocenters. The number of thiophene rings is 1. The number of benzene rings is 1. The summed E-state index contributed by atoms with van der Waals surface area (Å²) in [6.45, 7) is 0. The molecule has 2 aromatic rings. The number of fused-ring (bicyclic) bond motifs is 1. The van der Waals surface area contributed by atoms with Crippen LogP contribution in [0, 0.1) is 17.3 Å². The predicted octanol–water partition coefficient (Wildman–Crippen LogP) is 3.40. The van der Waals surface area contributed by atoms with Gasteiger partial charge in [-0.25, -0.2) is 0 Å². The van der Waals surface area contributed by atoms with Gasteiger partial charge in [0.1, 0.15) is 5.76 Å². The molecule has 1 aliphatic carbocycles. The molecule has 4 rings (SSSR count). The molecular formula is C22H20O6S. The van der Waals surface area contributed by atoms with Gasteiger partial charge < -0.3 is 14.2 Å². The van der Waals surface area contributed by atoms with E-state index in [1.165, 1.54) is 25.6 Å². The van der Waals surface area contributed by atoms with Crippen LogP contribution in [0.4, 0.5) is 0 Å². The number of cyclic esters (lactones) is 1. The van der Waals surface area contributed by atoms with E-state index in [2.05, 4.69) is 0 Å². The zero-order chi connectivity index (χ0) is 20.6. The molecule has 2 heterocycles. The lowest BCUT2D eigenvalue weighted by atomic mass is 9.74. The highest BCUT2D eigenvalue weighted by Crippen LogP contribution is 2.60. The standard InChI is InChI=1S/C22H20O6S/c1-26-20(24)22(21(25)27-2)12-14-11-15(13-7-4-3-5-8-13)28-19(23)17(14)18(22)16-9-6-10-29-16/h3-11,14,17-18H,12H2,1-2H3/t14-,17-,18+/m1/s1. The van der Waals surface area contributed by atoms with Gasteiger partial charge >= 0.3 is 17.9 Å². The molecule has 3 atom stereocenters. The number of rotatable bonds is 4. The number of carbonyl (C=O) groups is 3. The van der Waals surface area contributed by atoms with Crippen molar-refractivity contribution in [1.82, 2.24) is 0 Å². The SMILES string of the molecule is COC(=O)C1(C(=O)OC)C[C@H]2C=C(c3ccccc3)OC(=O)[C@H]2[C@@H]1c1cccs1. The third-order valence-electron chi connectivity index (χ3n) is 5.76. The van der Waals surface area contributed by atoms with Crippen molar-refractivity contribution >= 4 is 35.0 Å². The maximum Gasteiger partial charge on any atom is 0.323 e. The molecule has 1 saturated carbocycles. The van der Waals surface area contributed by atoms with Gasteiger partial charge in [-0.2, -0.15) is 0 Å². The molecule has 0 amide bonds. The lowest BCUT2D eigenvalue weighted by Gasteiger charge is -2.31. The van der Waals surface area contributed by atoms with E-state index in [9.17, 15) is 14.4 Å². The van der Waals surface area contributed by atoms with Gasteiger partial charge in [0.2, 0.25) is 0 Å². The molecule has 0 radical (unpaired) electrons. The summed E-state index contributed by atoms with van der Waals surface area (Å²) < 4.78 is 15.7. The van der Waals surface area contributed by atoms with Crippen LogP contribution in [0.5, 0.6) is 0 Å². The van der Waals surface area contributed by atoms with Gasteiger partial charge in [-0.05, 0) is 29.9 Å². The zero-order valence-electron chi connectivity index (χ0n) is 16.0. The highest BCUT2D eigenvalue weighted by molar-refractivity contribution is 7.10. The van der Waals surface area contributed by atoms with Gasteiger partial charge in [-0.15, -0.1) is 11.3 Å². The number of ether oxygens (including phenoxy) is 3. The van der Waals surface area contributed by atoms with E-state index in [0.29, 0.717) is 5.76 Å². The lowest BCUT2D eigenvalue weighted by molar-refractivity contribution is -0.170. The van der Waals surface area contributed by atoms with Crippen LogP contribution in [0.1, 0.15) is 22.8 Å². The maximum atomic E-state index is 13.1. The molecule has 1 aromatic heterocycles. The summed E-state index contributed by atoms with van der Waals surface area (Å²) in [7, 11) is 2.48. The Morgan fingerprint density at radius 1 is 1.07 bits per heavy atom. The van der Waals surface area contributed by atoms with Crippen LogP contribution in [0.15, 0.2) is 53.9 Å². The predicted molar refractivity (Wildman–Crippen MR) is 106 cm³/mol. The Hall–Kier alpha value is -2.93. The summed E-state index contributed by atoms with van der Waals surface area (Å²) in [6.07, 6.45) is 1.96. The average molecular weight is 412 g/mol. The third-order valence-corrected chi connectivity index (χ3v) is 6.72. The van der Waals surface area contributed by atoms with Gasteiger partial charge in [0.15, 0.2) is 5.41 Å². The number of carbonyl (C=O) groups excluding carboxylic acids is 3. The molecule has 0 saturated heterocycles. The minimum absolute atomic E-state index is 0.116. The molecule has 7 heteroatoms. The van der Waals surface area contributed by atoms with E-state index in [0.717, 1.165) is 10.4 Å². The van der Waals surface area contributed by atoms with Gasteiger partial charge in [0.05, 0.1) is 20.1 Å². The second-order valence-corrected chi connectivity index (χ2v) is 8.14. The molecule has 1 aromatic carbocycles. The van der Waals surface area contributed by atoms with E-state index in [-0.39, 0.29) is 12.3 Å². The van der Waals surface area contributed by atoms with E-state index in [1.54, 1.807) is 0 Å². The van der Waals surface area contributed by atoms with Gasteiger partial charge in [0.25, 0.3) is 0 Å². The van der Waals surface area contributed by atoms with Crippen LogP contribution >= 0.6 is 11.3 Å². The smallest absolute Gasteiger partial charge is 0.323 e. The second-order valence-electron chi connectivity index (χ2n) is 7.16. The van der Waals surface area contributed by atoms with Crippen LogP contribution < -0.4 is 0 Å². The van der Waals surface area contributed by atoms with Crippen molar-refractivity contribution in [3.8, 4) is 0 Å². The van der Waals surface area contributed by atoms with Gasteiger partial charge in [0, 0.05) is 16.4 Å². The van der Waals surface area contributed by atoms with Crippen LogP contribution in [-0.2, 0) is 28.6 Å². The Morgan fingerprint density at radius 2 is 1.76 bits per heavy atom. The van der Waals surface area contributed by atoms with Crippen molar-refractivity contribution < 1.29 is 28.6 Å². The molecule has 0 bridgehead atoms. The quantitative estimate of drug-likeness (QED) is 0.435. The normalized spacial score (nSPS) is 24.8. The van der Waals surface area contributed by atoms with Crippen molar-refractivity contribution in [3.63, 3.8) is 0 Å². The topological polar surface area (TPSA) is 78.9 Å². The Morgan fingerprint density at radius 3 is 2.34 bits per heavy atom. The Kier molecular flexibility index (Phi) is 5.00. The van der Waals surface area contributed by atoms with Crippen molar-refractivity contribution in [2.45, 2.75) is 12.3 Å². The van der Waals surface area contributed by atoms with Gasteiger partial charge in [-0.1, -0.05) is 36.4 Å². The fraction of sp³-hybridized carbons (Fsp3) is 0.318. The van der Waals surface area contributed by atoms with Gasteiger partial charge in [-0.3, -0.25) is 14.4 Å². The highest BCUT2D eigenvalue weighted by Gasteiger charge is 2.67. The van der Waals surface area contributed by atoms with E-state index in [4.69, 9.17) is 14.2 Å². The van der Waals surface area contributed by atoms with E-state index in [1.807, 2.05) is 53.9 Å².